The van der Waals surface area contributed by atoms with Crippen molar-refractivity contribution >= 4 is 46.1 Å². The van der Waals surface area contributed by atoms with Gasteiger partial charge in [0.15, 0.2) is 0 Å². The van der Waals surface area contributed by atoms with Crippen molar-refractivity contribution in [2.24, 2.45) is 5.92 Å². The van der Waals surface area contributed by atoms with Crippen molar-refractivity contribution in [1.82, 2.24) is 9.47 Å². The minimum Gasteiger partial charge on any atom is -0.383 e. The van der Waals surface area contributed by atoms with Crippen LogP contribution in [-0.2, 0) is 16.1 Å². The van der Waals surface area contributed by atoms with Gasteiger partial charge in [-0.25, -0.2) is 0 Å². The number of carbonyl (C=O) groups is 1. The molecule has 3 rings (SSSR count). The number of rotatable bonds is 7. The number of hydrogen-bond donors (Lipinski definition) is 0. The highest BCUT2D eigenvalue weighted by Crippen LogP contribution is 2.36. The predicted molar refractivity (Wildman–Crippen MR) is 133 cm³/mol. The first-order chi connectivity index (χ1) is 15.3. The van der Waals surface area contributed by atoms with Gasteiger partial charge in [-0.2, -0.15) is 5.26 Å². The van der Waals surface area contributed by atoms with Gasteiger partial charge < -0.3 is 9.64 Å². The highest BCUT2D eigenvalue weighted by molar-refractivity contribution is 8.26. The number of aromatic nitrogens is 1. The van der Waals surface area contributed by atoms with Gasteiger partial charge in [-0.1, -0.05) is 37.8 Å². The Morgan fingerprint density at radius 2 is 2.09 bits per heavy atom. The zero-order valence-corrected chi connectivity index (χ0v) is 20.8. The average molecular weight is 475 g/mol. The molecule has 0 N–H and O–H groups in total. The van der Waals surface area contributed by atoms with Crippen LogP contribution in [0.1, 0.15) is 49.8 Å². The zero-order chi connectivity index (χ0) is 23.4. The maximum Gasteiger partial charge on any atom is 0.270 e. The Kier molecular flexibility index (Phi) is 8.15. The number of piperidine rings is 1. The van der Waals surface area contributed by atoms with Gasteiger partial charge in [-0.15, -0.1) is 0 Å². The normalized spacial score (nSPS) is 20.3. The molecule has 172 valence electrons. The molecule has 9 heteroatoms. The summed E-state index contributed by atoms with van der Waals surface area (Å²) in [5.41, 5.74) is 1.24. The molecule has 2 saturated heterocycles. The van der Waals surface area contributed by atoms with Gasteiger partial charge in [0.25, 0.3) is 11.5 Å². The van der Waals surface area contributed by atoms with E-state index < -0.39 is 0 Å². The van der Waals surface area contributed by atoms with Crippen molar-refractivity contribution in [1.29, 1.82) is 5.26 Å². The molecule has 2 aliphatic heterocycles. The van der Waals surface area contributed by atoms with Crippen molar-refractivity contribution in [3.8, 4) is 6.07 Å². The fourth-order valence-corrected chi connectivity index (χ4v) is 5.59. The molecule has 1 aromatic heterocycles. The Balaban J connectivity index is 2.20. The third kappa shape index (κ3) is 4.77. The zero-order valence-electron chi connectivity index (χ0n) is 19.1. The van der Waals surface area contributed by atoms with Crippen LogP contribution in [0.25, 0.3) is 6.08 Å². The Morgan fingerprint density at radius 3 is 2.72 bits per heavy atom. The molecule has 32 heavy (non-hydrogen) atoms. The lowest BCUT2D eigenvalue weighted by Crippen LogP contribution is -2.40. The molecule has 7 nitrogen and oxygen atoms in total. The number of pyridine rings is 1. The molecule has 3 heterocycles. The molecule has 2 fully saturated rings. The van der Waals surface area contributed by atoms with E-state index in [4.69, 9.17) is 17.0 Å². The van der Waals surface area contributed by atoms with E-state index in [1.807, 2.05) is 13.0 Å². The fraction of sp³-hybridized carbons (Fsp3) is 0.565. The molecule has 1 amide bonds. The van der Waals surface area contributed by atoms with Gasteiger partial charge in [0.1, 0.15) is 21.8 Å². The van der Waals surface area contributed by atoms with Crippen molar-refractivity contribution in [3.05, 3.63) is 31.9 Å². The number of methoxy groups -OCH3 is 1. The number of hydrogen-bond acceptors (Lipinski definition) is 7. The van der Waals surface area contributed by atoms with Gasteiger partial charge in [-0.05, 0) is 43.7 Å². The summed E-state index contributed by atoms with van der Waals surface area (Å²) in [5.74, 6) is 1.15. The van der Waals surface area contributed by atoms with Crippen molar-refractivity contribution in [2.45, 2.75) is 46.6 Å². The van der Waals surface area contributed by atoms with Crippen molar-refractivity contribution < 1.29 is 9.53 Å². The van der Waals surface area contributed by atoms with E-state index in [1.165, 1.54) is 11.8 Å². The number of carbonyl (C=O) groups excluding carboxylic acids is 1. The molecule has 0 spiro atoms. The molecule has 1 unspecified atom stereocenters. The Hall–Kier alpha value is -2.15. The number of ether oxygens (including phenoxy) is 1. The first kappa shape index (κ1) is 24.5. The molecule has 0 saturated carbocycles. The maximum atomic E-state index is 13.2. The second-order valence-electron chi connectivity index (χ2n) is 8.33. The summed E-state index contributed by atoms with van der Waals surface area (Å²) in [6.45, 7) is 9.02. The maximum absolute atomic E-state index is 13.2. The van der Waals surface area contributed by atoms with E-state index in [2.05, 4.69) is 17.9 Å². The lowest BCUT2D eigenvalue weighted by molar-refractivity contribution is -0.122. The third-order valence-corrected chi connectivity index (χ3v) is 7.30. The van der Waals surface area contributed by atoms with E-state index in [0.29, 0.717) is 40.4 Å². The number of thioether (sulfide) groups is 1. The molecule has 0 aromatic carbocycles. The summed E-state index contributed by atoms with van der Waals surface area (Å²) in [6, 6.07) is 2.10. The molecular formula is C23H30N4O3S2. The van der Waals surface area contributed by atoms with E-state index in [-0.39, 0.29) is 17.0 Å². The Morgan fingerprint density at radius 1 is 1.34 bits per heavy atom. The van der Waals surface area contributed by atoms with Gasteiger partial charge in [0, 0.05) is 32.3 Å². The summed E-state index contributed by atoms with van der Waals surface area (Å²) >= 11 is 6.67. The topological polar surface area (TPSA) is 78.6 Å². The molecule has 1 atom stereocenters. The smallest absolute Gasteiger partial charge is 0.270 e. The summed E-state index contributed by atoms with van der Waals surface area (Å²) in [7, 11) is 1.59. The van der Waals surface area contributed by atoms with Gasteiger partial charge in [0.2, 0.25) is 0 Å². The number of nitrogens with zero attached hydrogens (tertiary/aromatic N) is 4. The highest BCUT2D eigenvalue weighted by atomic mass is 32.2. The summed E-state index contributed by atoms with van der Waals surface area (Å²) in [5, 5.41) is 9.74. The number of anilines is 1. The van der Waals surface area contributed by atoms with Crippen LogP contribution in [0.5, 0.6) is 0 Å². The van der Waals surface area contributed by atoms with Crippen LogP contribution in [0, 0.1) is 24.2 Å². The first-order valence-corrected chi connectivity index (χ1v) is 12.2. The van der Waals surface area contributed by atoms with Crippen molar-refractivity contribution in [3.63, 3.8) is 0 Å². The molecule has 0 radical (unpaired) electrons. The predicted octanol–water partition coefficient (Wildman–Crippen LogP) is 3.52. The van der Waals surface area contributed by atoms with Crippen molar-refractivity contribution in [2.75, 3.05) is 38.3 Å². The van der Waals surface area contributed by atoms with Gasteiger partial charge in [0.05, 0.1) is 18.1 Å². The van der Waals surface area contributed by atoms with E-state index in [9.17, 15) is 14.9 Å². The minimum atomic E-state index is -0.259. The molecule has 1 aromatic rings. The second kappa shape index (κ2) is 10.6. The van der Waals surface area contributed by atoms with Crippen LogP contribution in [0.2, 0.25) is 0 Å². The third-order valence-electron chi connectivity index (χ3n) is 5.92. The van der Waals surface area contributed by atoms with Crippen LogP contribution in [0.15, 0.2) is 9.70 Å². The number of amides is 1. The summed E-state index contributed by atoms with van der Waals surface area (Å²) in [4.78, 5) is 30.6. The first-order valence-electron chi connectivity index (χ1n) is 11.0. The molecule has 0 bridgehead atoms. The SMILES string of the molecule is CCCn1c(N2CCCC(C)C2)c(C=C2SC(=S)N(CCOC)C2=O)c(C)c(C#N)c1=O. The van der Waals surface area contributed by atoms with Crippen LogP contribution >= 0.6 is 24.0 Å². The second-order valence-corrected chi connectivity index (χ2v) is 10.0. The quantitative estimate of drug-likeness (QED) is 0.442. The Bertz CT molecular complexity index is 1040. The fourth-order valence-electron chi connectivity index (χ4n) is 4.30. The van der Waals surface area contributed by atoms with E-state index in [0.717, 1.165) is 43.7 Å². The molecule has 2 aliphatic rings. The lowest BCUT2D eigenvalue weighted by Gasteiger charge is -2.36. The monoisotopic (exact) mass is 474 g/mol. The van der Waals surface area contributed by atoms with Crippen LogP contribution in [0.4, 0.5) is 5.82 Å². The van der Waals surface area contributed by atoms with Crippen LogP contribution in [0.3, 0.4) is 0 Å². The molecular weight excluding hydrogens is 444 g/mol. The van der Waals surface area contributed by atoms with Gasteiger partial charge in [-0.3, -0.25) is 19.1 Å². The van der Waals surface area contributed by atoms with E-state index >= 15 is 0 Å². The number of nitriles is 1. The summed E-state index contributed by atoms with van der Waals surface area (Å²) < 4.78 is 7.32. The van der Waals surface area contributed by atoms with Crippen LogP contribution < -0.4 is 10.5 Å². The van der Waals surface area contributed by atoms with Gasteiger partial charge >= 0.3 is 0 Å². The summed E-state index contributed by atoms with van der Waals surface area (Å²) in [6.07, 6.45) is 4.78. The van der Waals surface area contributed by atoms with E-state index in [1.54, 1.807) is 23.5 Å². The minimum absolute atomic E-state index is 0.133. The number of thiocarbonyl (C=S) groups is 1. The lowest BCUT2D eigenvalue weighted by atomic mass is 9.98. The van der Waals surface area contributed by atoms with Crippen LogP contribution in [-0.4, -0.2) is 53.0 Å². The average Bonchev–Trinajstić information content (AvgIpc) is 3.03. The highest BCUT2D eigenvalue weighted by Gasteiger charge is 2.33. The standard InChI is InChI=1S/C23H30N4O3S2/c1-5-8-26-20(25-9-6-7-15(2)14-25)17(16(3)18(13-24)21(26)28)12-19-22(29)27(10-11-30-4)23(31)32-19/h12,15H,5-11,14H2,1-4H3. The molecule has 0 aliphatic carbocycles. The largest absolute Gasteiger partial charge is 0.383 e. The Labute approximate surface area is 199 Å².